The van der Waals surface area contributed by atoms with Crippen LogP contribution in [0, 0.1) is 32.5 Å². The molecule has 0 bridgehead atoms. The largest absolute Gasteiger partial charge is 0.483 e. The first-order valence-electron chi connectivity index (χ1n) is 9.04. The highest BCUT2D eigenvalue weighted by molar-refractivity contribution is 7.71. The summed E-state index contributed by atoms with van der Waals surface area (Å²) < 4.78 is 8.09. The van der Waals surface area contributed by atoms with Gasteiger partial charge < -0.3 is 4.74 Å². The molecule has 2 heterocycles. The van der Waals surface area contributed by atoms with Crippen molar-refractivity contribution in [2.45, 2.75) is 34.2 Å². The molecule has 0 aliphatic heterocycles. The van der Waals surface area contributed by atoms with Crippen LogP contribution >= 0.6 is 23.6 Å². The van der Waals surface area contributed by atoms with Gasteiger partial charge in [0.1, 0.15) is 5.75 Å². The third kappa shape index (κ3) is 4.63. The van der Waals surface area contributed by atoms with E-state index in [2.05, 4.69) is 27.1 Å². The normalized spacial score (nSPS) is 10.8. The minimum absolute atomic E-state index is 0.0894. The van der Waals surface area contributed by atoms with E-state index >= 15 is 0 Å². The molecule has 0 radical (unpaired) electrons. The molecule has 3 aromatic rings. The van der Waals surface area contributed by atoms with Crippen molar-refractivity contribution in [1.82, 2.24) is 19.7 Å². The fourth-order valence-corrected chi connectivity index (χ4v) is 4.32. The van der Waals surface area contributed by atoms with Crippen molar-refractivity contribution in [1.29, 1.82) is 0 Å². The highest BCUT2D eigenvalue weighted by Gasteiger charge is 2.17. The van der Waals surface area contributed by atoms with Crippen molar-refractivity contribution in [3.8, 4) is 16.5 Å². The summed E-state index contributed by atoms with van der Waals surface area (Å²) in [5.74, 6) is 1.14. The number of allylic oxidation sites excluding steroid dienone is 1. The SMILES string of the molecule is C=CCn1c(-c2sc(NC(=O)COc3c(C)cc(C)cc3C)nc2C)n[nH]c1=S. The molecule has 9 heteroatoms. The molecule has 0 atom stereocenters. The van der Waals surface area contributed by atoms with Crippen molar-refractivity contribution in [3.63, 3.8) is 0 Å². The van der Waals surface area contributed by atoms with Crippen LogP contribution in [0.5, 0.6) is 5.75 Å². The predicted molar refractivity (Wildman–Crippen MR) is 118 cm³/mol. The van der Waals surface area contributed by atoms with E-state index in [1.54, 1.807) is 6.08 Å². The van der Waals surface area contributed by atoms with Crippen LogP contribution in [0.3, 0.4) is 0 Å². The van der Waals surface area contributed by atoms with Gasteiger partial charge in [0.25, 0.3) is 5.91 Å². The monoisotopic (exact) mass is 429 g/mol. The number of hydrogen-bond donors (Lipinski definition) is 2. The molecule has 0 aliphatic carbocycles. The van der Waals surface area contributed by atoms with E-state index in [-0.39, 0.29) is 12.5 Å². The molecule has 1 amide bonds. The van der Waals surface area contributed by atoms with Crippen LogP contribution in [0.2, 0.25) is 0 Å². The van der Waals surface area contributed by atoms with E-state index in [0.717, 1.165) is 33.0 Å². The summed E-state index contributed by atoms with van der Waals surface area (Å²) in [4.78, 5) is 17.7. The molecular formula is C20H23N5O2S2. The summed E-state index contributed by atoms with van der Waals surface area (Å²) in [7, 11) is 0. The number of ether oxygens (including phenoxy) is 1. The molecule has 1 aromatic carbocycles. The first kappa shape index (κ1) is 20.9. The number of anilines is 1. The zero-order valence-corrected chi connectivity index (χ0v) is 18.5. The summed E-state index contributed by atoms with van der Waals surface area (Å²) in [6.07, 6.45) is 1.75. The van der Waals surface area contributed by atoms with E-state index in [4.69, 9.17) is 17.0 Å². The molecule has 0 saturated heterocycles. The lowest BCUT2D eigenvalue weighted by molar-refractivity contribution is -0.118. The maximum Gasteiger partial charge on any atom is 0.264 e. The summed E-state index contributed by atoms with van der Waals surface area (Å²) in [6.45, 7) is 12.0. The van der Waals surface area contributed by atoms with Crippen molar-refractivity contribution in [2.75, 3.05) is 11.9 Å². The number of H-pyrrole nitrogens is 1. The second kappa shape index (κ2) is 8.71. The first-order chi connectivity index (χ1) is 13.8. The van der Waals surface area contributed by atoms with Gasteiger partial charge in [-0.15, -0.1) is 6.58 Å². The number of aryl methyl sites for hydroxylation is 4. The molecule has 0 aliphatic rings. The third-order valence-corrected chi connectivity index (χ3v) is 5.65. The number of carbonyl (C=O) groups excluding carboxylic acids is 1. The Kier molecular flexibility index (Phi) is 6.29. The van der Waals surface area contributed by atoms with Crippen LogP contribution in [0.15, 0.2) is 24.8 Å². The van der Waals surface area contributed by atoms with Gasteiger partial charge in [-0.2, -0.15) is 5.10 Å². The van der Waals surface area contributed by atoms with Crippen molar-refractivity contribution in [3.05, 3.63) is 51.9 Å². The number of aromatic amines is 1. The van der Waals surface area contributed by atoms with E-state index in [9.17, 15) is 4.79 Å². The van der Waals surface area contributed by atoms with Crippen LogP contribution in [-0.4, -0.2) is 32.3 Å². The van der Waals surface area contributed by atoms with Crippen molar-refractivity contribution in [2.24, 2.45) is 0 Å². The second-order valence-electron chi connectivity index (χ2n) is 6.75. The van der Waals surface area contributed by atoms with E-state index in [1.165, 1.54) is 11.3 Å². The molecule has 2 N–H and O–H groups in total. The number of nitrogens with zero attached hydrogens (tertiary/aromatic N) is 3. The number of thiazole rings is 1. The minimum atomic E-state index is -0.269. The number of hydrogen-bond acceptors (Lipinski definition) is 6. The average molecular weight is 430 g/mol. The molecule has 3 rings (SSSR count). The molecule has 7 nitrogen and oxygen atoms in total. The van der Waals surface area contributed by atoms with Gasteiger partial charge >= 0.3 is 0 Å². The first-order valence-corrected chi connectivity index (χ1v) is 10.3. The maximum atomic E-state index is 12.4. The van der Waals surface area contributed by atoms with Gasteiger partial charge in [0.2, 0.25) is 0 Å². The Morgan fingerprint density at radius 2 is 2.03 bits per heavy atom. The van der Waals surface area contributed by atoms with Crippen LogP contribution in [0.25, 0.3) is 10.7 Å². The van der Waals surface area contributed by atoms with Gasteiger partial charge in [-0.1, -0.05) is 35.1 Å². The topological polar surface area (TPSA) is 84.8 Å². The molecular weight excluding hydrogens is 406 g/mol. The number of rotatable bonds is 7. The standard InChI is InChI=1S/C20H23N5O2S2/c1-6-7-25-18(23-24-20(25)28)17-14(5)21-19(29-17)22-15(26)10-27-16-12(3)8-11(2)9-13(16)4/h6,8-9H,1,7,10H2,2-5H3,(H,24,28)(H,21,22,26). The van der Waals surface area contributed by atoms with Crippen LogP contribution in [0.4, 0.5) is 5.13 Å². The van der Waals surface area contributed by atoms with Crippen LogP contribution in [-0.2, 0) is 11.3 Å². The van der Waals surface area contributed by atoms with Gasteiger partial charge in [-0.25, -0.2) is 4.98 Å². The van der Waals surface area contributed by atoms with Gasteiger partial charge in [0.15, 0.2) is 22.3 Å². The lowest BCUT2D eigenvalue weighted by atomic mass is 10.1. The quantitative estimate of drug-likeness (QED) is 0.427. The lowest BCUT2D eigenvalue weighted by Gasteiger charge is -2.12. The smallest absolute Gasteiger partial charge is 0.264 e. The summed E-state index contributed by atoms with van der Waals surface area (Å²) in [5, 5.41) is 10.4. The van der Waals surface area contributed by atoms with Gasteiger partial charge in [-0.05, 0) is 51.0 Å². The number of aromatic nitrogens is 4. The predicted octanol–water partition coefficient (Wildman–Crippen LogP) is 4.50. The Hall–Kier alpha value is -2.78. The highest BCUT2D eigenvalue weighted by Crippen LogP contribution is 2.31. The van der Waals surface area contributed by atoms with Gasteiger partial charge in [0, 0.05) is 6.54 Å². The molecule has 0 saturated carbocycles. The minimum Gasteiger partial charge on any atom is -0.483 e. The fraction of sp³-hybridized carbons (Fsp3) is 0.300. The van der Waals surface area contributed by atoms with Crippen LogP contribution < -0.4 is 10.1 Å². The molecule has 29 heavy (non-hydrogen) atoms. The lowest BCUT2D eigenvalue weighted by Crippen LogP contribution is -2.20. The Labute approximate surface area is 178 Å². The second-order valence-corrected chi connectivity index (χ2v) is 8.14. The third-order valence-electron chi connectivity index (χ3n) is 4.27. The fourth-order valence-electron chi connectivity index (χ4n) is 3.13. The van der Waals surface area contributed by atoms with Crippen molar-refractivity contribution >= 4 is 34.6 Å². The number of benzene rings is 1. The molecule has 0 fully saturated rings. The van der Waals surface area contributed by atoms with Gasteiger partial charge in [-0.3, -0.25) is 19.8 Å². The summed E-state index contributed by atoms with van der Waals surface area (Å²) in [6, 6.07) is 4.07. The summed E-state index contributed by atoms with van der Waals surface area (Å²) >= 11 is 6.60. The zero-order chi connectivity index (χ0) is 21.1. The Morgan fingerprint density at radius 3 is 2.69 bits per heavy atom. The Morgan fingerprint density at radius 1 is 1.34 bits per heavy atom. The average Bonchev–Trinajstić information content (AvgIpc) is 3.17. The molecule has 2 aromatic heterocycles. The van der Waals surface area contributed by atoms with E-state index < -0.39 is 0 Å². The van der Waals surface area contributed by atoms with Gasteiger partial charge in [0.05, 0.1) is 10.6 Å². The van der Waals surface area contributed by atoms with E-state index in [1.807, 2.05) is 44.4 Å². The van der Waals surface area contributed by atoms with Crippen LogP contribution in [0.1, 0.15) is 22.4 Å². The molecule has 152 valence electrons. The van der Waals surface area contributed by atoms with E-state index in [0.29, 0.717) is 22.3 Å². The zero-order valence-electron chi connectivity index (χ0n) is 16.8. The van der Waals surface area contributed by atoms with Crippen molar-refractivity contribution < 1.29 is 9.53 Å². The number of carbonyl (C=O) groups is 1. The highest BCUT2D eigenvalue weighted by atomic mass is 32.1. The maximum absolute atomic E-state index is 12.4. The Balaban J connectivity index is 1.72. The molecule has 0 spiro atoms. The molecule has 0 unspecified atom stereocenters. The Bertz CT molecular complexity index is 1100. The summed E-state index contributed by atoms with van der Waals surface area (Å²) in [5.41, 5.74) is 3.94. The number of nitrogens with one attached hydrogen (secondary N) is 2. The number of amides is 1.